The van der Waals surface area contributed by atoms with E-state index in [1.807, 2.05) is 29.7 Å². The summed E-state index contributed by atoms with van der Waals surface area (Å²) in [7, 11) is 1.64. The molecular weight excluding hydrogens is 726 g/mol. The van der Waals surface area contributed by atoms with Crippen LogP contribution in [0.3, 0.4) is 0 Å². The maximum atomic E-state index is 10.5. The number of aliphatic imine (C=N–C) groups is 1. The average molecular weight is 778 g/mol. The predicted molar refractivity (Wildman–Crippen MR) is 206 cm³/mol. The van der Waals surface area contributed by atoms with E-state index in [0.29, 0.717) is 123 Å². The van der Waals surface area contributed by atoms with Crippen molar-refractivity contribution in [3.63, 3.8) is 0 Å². The van der Waals surface area contributed by atoms with Gasteiger partial charge in [0.25, 0.3) is 0 Å². The lowest BCUT2D eigenvalue weighted by Gasteiger charge is -2.22. The minimum atomic E-state index is -0.706. The molecule has 4 heterocycles. The van der Waals surface area contributed by atoms with Gasteiger partial charge in [0.1, 0.15) is 24.8 Å². The highest BCUT2D eigenvalue weighted by molar-refractivity contribution is 5.97. The highest BCUT2D eigenvalue weighted by atomic mass is 16.6. The Hall–Kier alpha value is -4.84. The lowest BCUT2D eigenvalue weighted by molar-refractivity contribution is -0.0199. The Morgan fingerprint density at radius 2 is 1.43 bits per heavy atom. The number of aromatic nitrogens is 6. The van der Waals surface area contributed by atoms with Crippen LogP contribution in [0.4, 0.5) is 11.5 Å². The molecule has 1 aliphatic heterocycles. The molecule has 0 saturated carbocycles. The zero-order chi connectivity index (χ0) is 39.4. The quantitative estimate of drug-likeness (QED) is 0.0878. The van der Waals surface area contributed by atoms with Crippen LogP contribution in [0.25, 0.3) is 16.9 Å². The molecule has 302 valence electrons. The molecule has 1 aromatic carbocycles. The standard InChI is InChI=1S/C38H51N9O9/c1-28-24-31(26-39)45-47(28)38-32(29(2)48)5-8-36(42-38)46-27-40-33-25-30(4-6-34(33)46)41-35-7-9-37(44-43-35)56-23-22-55-21-20-54-19-18-53-17-16-52-15-14-51-13-12-50-11-10-49-3/h4,6-7,9,24-25,27,29,48H,5,8,10-23H2,1-3H3,(H,41,43). The first-order chi connectivity index (χ1) is 27.5. The number of anilines is 2. The van der Waals surface area contributed by atoms with E-state index in [9.17, 15) is 10.4 Å². The number of rotatable bonds is 26. The van der Waals surface area contributed by atoms with Gasteiger partial charge in [-0.1, -0.05) is 0 Å². The molecule has 0 spiro atoms. The SMILES string of the molecule is COCCOCCOCCOCCOCCOCCOCCOc1ccc(Nc2ccc3c(c2)ncn3C2=NC(n3nc(C#N)cc3C)=C(C(C)O)CC2)nn1. The number of aryl methyl sites for hydroxylation is 1. The molecule has 0 fully saturated rings. The van der Waals surface area contributed by atoms with Crippen molar-refractivity contribution in [2.75, 3.05) is 105 Å². The molecule has 56 heavy (non-hydrogen) atoms. The van der Waals surface area contributed by atoms with Gasteiger partial charge in [0.2, 0.25) is 5.88 Å². The number of hydrogen-bond donors (Lipinski definition) is 2. The van der Waals surface area contributed by atoms with E-state index in [2.05, 4.69) is 31.7 Å². The minimum absolute atomic E-state index is 0.290. The molecule has 0 bridgehead atoms. The Labute approximate surface area is 325 Å². The summed E-state index contributed by atoms with van der Waals surface area (Å²) in [5.74, 6) is 2.22. The molecular formula is C38H51N9O9. The van der Waals surface area contributed by atoms with Gasteiger partial charge in [-0.25, -0.2) is 14.7 Å². The number of benzene rings is 1. The van der Waals surface area contributed by atoms with Crippen molar-refractivity contribution in [1.29, 1.82) is 5.26 Å². The lowest BCUT2D eigenvalue weighted by Crippen LogP contribution is -2.22. The fourth-order valence-electron chi connectivity index (χ4n) is 5.56. The molecule has 3 aromatic heterocycles. The van der Waals surface area contributed by atoms with Crippen LogP contribution in [0.2, 0.25) is 0 Å². The zero-order valence-electron chi connectivity index (χ0n) is 32.2. The number of imidazole rings is 1. The maximum absolute atomic E-state index is 10.5. The van der Waals surface area contributed by atoms with Crippen molar-refractivity contribution in [2.45, 2.75) is 32.8 Å². The fourth-order valence-corrected chi connectivity index (χ4v) is 5.56. The second kappa shape index (κ2) is 23.3. The maximum Gasteiger partial charge on any atom is 0.233 e. The summed E-state index contributed by atoms with van der Waals surface area (Å²) < 4.78 is 46.9. The summed E-state index contributed by atoms with van der Waals surface area (Å²) in [6.45, 7) is 10.4. The molecule has 18 heteroatoms. The second-order valence-corrected chi connectivity index (χ2v) is 12.5. The minimum Gasteiger partial charge on any atom is -0.474 e. The van der Waals surface area contributed by atoms with Crippen molar-refractivity contribution in [2.24, 2.45) is 4.99 Å². The summed E-state index contributed by atoms with van der Waals surface area (Å²) in [6.07, 6.45) is 2.22. The monoisotopic (exact) mass is 777 g/mol. The van der Waals surface area contributed by atoms with Gasteiger partial charge in [0, 0.05) is 36.6 Å². The molecule has 18 nitrogen and oxygen atoms in total. The Bertz CT molecular complexity index is 1890. The van der Waals surface area contributed by atoms with Crippen molar-refractivity contribution < 1.29 is 43.0 Å². The number of nitrogens with zero attached hydrogens (tertiary/aromatic N) is 8. The molecule has 0 amide bonds. The van der Waals surface area contributed by atoms with Crippen LogP contribution < -0.4 is 10.1 Å². The number of ether oxygens (including phenoxy) is 8. The summed E-state index contributed by atoms with van der Waals surface area (Å²) in [6, 6.07) is 13.1. The summed E-state index contributed by atoms with van der Waals surface area (Å²) in [5.41, 5.74) is 4.22. The molecule has 1 aliphatic rings. The van der Waals surface area contributed by atoms with Crippen molar-refractivity contribution >= 4 is 34.2 Å². The van der Waals surface area contributed by atoms with Crippen LogP contribution in [-0.4, -0.2) is 146 Å². The molecule has 1 unspecified atom stereocenters. The summed E-state index contributed by atoms with van der Waals surface area (Å²) in [5, 5.41) is 35.8. The first kappa shape index (κ1) is 42.3. The van der Waals surface area contributed by atoms with Gasteiger partial charge in [-0.15, -0.1) is 10.2 Å². The number of aliphatic hydroxyl groups is 1. The third-order valence-corrected chi connectivity index (χ3v) is 8.35. The zero-order valence-corrected chi connectivity index (χ0v) is 32.2. The van der Waals surface area contributed by atoms with Crippen molar-refractivity contribution in [3.8, 4) is 11.9 Å². The van der Waals surface area contributed by atoms with Crippen LogP contribution in [0.5, 0.6) is 5.88 Å². The first-order valence-corrected chi connectivity index (χ1v) is 18.6. The largest absolute Gasteiger partial charge is 0.474 e. The Balaban J connectivity index is 0.947. The molecule has 0 saturated heterocycles. The molecule has 0 aliphatic carbocycles. The lowest BCUT2D eigenvalue weighted by atomic mass is 10.0. The number of methoxy groups -OCH3 is 1. The Kier molecular flexibility index (Phi) is 17.6. The first-order valence-electron chi connectivity index (χ1n) is 18.6. The normalized spacial score (nSPS) is 13.6. The third kappa shape index (κ3) is 13.1. The van der Waals surface area contributed by atoms with E-state index in [0.717, 1.165) is 33.8 Å². The highest BCUT2D eigenvalue weighted by Crippen LogP contribution is 2.29. The summed E-state index contributed by atoms with van der Waals surface area (Å²) >= 11 is 0. The van der Waals surface area contributed by atoms with Gasteiger partial charge in [0.05, 0.1) is 103 Å². The molecule has 2 N–H and O–H groups in total. The Morgan fingerprint density at radius 3 is 1.98 bits per heavy atom. The van der Waals surface area contributed by atoms with E-state index in [1.165, 1.54) is 0 Å². The van der Waals surface area contributed by atoms with Gasteiger partial charge >= 0.3 is 0 Å². The van der Waals surface area contributed by atoms with E-state index in [1.54, 1.807) is 43.2 Å². The van der Waals surface area contributed by atoms with Gasteiger partial charge in [0.15, 0.2) is 17.3 Å². The van der Waals surface area contributed by atoms with E-state index in [-0.39, 0.29) is 5.69 Å². The molecule has 5 rings (SSSR count). The van der Waals surface area contributed by atoms with Gasteiger partial charge in [-0.05, 0) is 50.6 Å². The smallest absolute Gasteiger partial charge is 0.233 e. The van der Waals surface area contributed by atoms with E-state index >= 15 is 0 Å². The van der Waals surface area contributed by atoms with Crippen molar-refractivity contribution in [1.82, 2.24) is 29.5 Å². The van der Waals surface area contributed by atoms with Crippen LogP contribution in [0, 0.1) is 18.3 Å². The molecule has 0 radical (unpaired) electrons. The number of aliphatic hydroxyl groups excluding tert-OH is 1. The van der Waals surface area contributed by atoms with Crippen LogP contribution >= 0.6 is 0 Å². The number of fused-ring (bicyclic) bond motifs is 1. The number of nitriles is 1. The third-order valence-electron chi connectivity index (χ3n) is 8.35. The Morgan fingerprint density at radius 1 is 0.804 bits per heavy atom. The van der Waals surface area contributed by atoms with Gasteiger partial charge in [-0.3, -0.25) is 4.57 Å². The topological polar surface area (TPSA) is 204 Å². The highest BCUT2D eigenvalue weighted by Gasteiger charge is 2.24. The van der Waals surface area contributed by atoms with Crippen molar-refractivity contribution in [3.05, 3.63) is 59.7 Å². The fraction of sp³-hybridized carbons (Fsp3) is 0.526. The summed E-state index contributed by atoms with van der Waals surface area (Å²) in [4.78, 5) is 9.52. The van der Waals surface area contributed by atoms with Gasteiger partial charge < -0.3 is 48.3 Å². The molecule has 4 aromatic rings. The predicted octanol–water partition coefficient (Wildman–Crippen LogP) is 3.36. The second-order valence-electron chi connectivity index (χ2n) is 12.5. The average Bonchev–Trinajstić information content (AvgIpc) is 3.81. The van der Waals surface area contributed by atoms with Crippen LogP contribution in [-0.2, 0) is 33.2 Å². The van der Waals surface area contributed by atoms with E-state index in [4.69, 9.17) is 42.9 Å². The number of nitrogens with one attached hydrogen (secondary N) is 1. The van der Waals surface area contributed by atoms with Crippen LogP contribution in [0.1, 0.15) is 31.2 Å². The molecule has 1 atom stereocenters. The number of hydrogen-bond acceptors (Lipinski definition) is 16. The van der Waals surface area contributed by atoms with Crippen LogP contribution in [0.15, 0.2) is 53.3 Å². The van der Waals surface area contributed by atoms with E-state index < -0.39 is 6.10 Å². The van der Waals surface area contributed by atoms with Gasteiger partial charge in [-0.2, -0.15) is 10.4 Å².